The largest absolute Gasteiger partial charge is 0.497 e. The summed E-state index contributed by atoms with van der Waals surface area (Å²) < 4.78 is 19.2. The van der Waals surface area contributed by atoms with Crippen LogP contribution in [0.15, 0.2) is 42.5 Å². The molecule has 0 aliphatic rings. The molecular weight excluding hydrogens is 255 g/mol. The summed E-state index contributed by atoms with van der Waals surface area (Å²) in [5, 5.41) is 8.84. The van der Waals surface area contributed by atoms with Gasteiger partial charge in [0.2, 0.25) is 0 Å². The second kappa shape index (κ2) is 6.07. The molecule has 0 unspecified atom stereocenters. The Morgan fingerprint density at radius 2 is 2.00 bits per heavy atom. The van der Waals surface area contributed by atoms with Gasteiger partial charge in [0.1, 0.15) is 17.6 Å². The standard InChI is InChI=1S/C16H15FN2O/c1-19(14-7-4-8-15(9-14)20-2)11-13-6-3-5-12(10-18)16(13)17/h3-9H,11H2,1-2H3. The van der Waals surface area contributed by atoms with Crippen LogP contribution in [0.3, 0.4) is 0 Å². The van der Waals surface area contributed by atoms with Gasteiger partial charge in [-0.05, 0) is 18.2 Å². The SMILES string of the molecule is COc1cccc(N(C)Cc2cccc(C#N)c2F)c1. The molecule has 0 atom stereocenters. The highest BCUT2D eigenvalue weighted by atomic mass is 19.1. The van der Waals surface area contributed by atoms with Gasteiger partial charge < -0.3 is 9.64 Å². The van der Waals surface area contributed by atoms with Gasteiger partial charge >= 0.3 is 0 Å². The summed E-state index contributed by atoms with van der Waals surface area (Å²) in [6, 6.07) is 14.3. The van der Waals surface area contributed by atoms with Crippen LogP contribution in [0.4, 0.5) is 10.1 Å². The molecule has 0 spiro atoms. The molecule has 102 valence electrons. The maximum atomic E-state index is 14.0. The predicted molar refractivity (Wildman–Crippen MR) is 76.2 cm³/mol. The van der Waals surface area contributed by atoms with Crippen molar-refractivity contribution < 1.29 is 9.13 Å². The number of halogens is 1. The first kappa shape index (κ1) is 13.9. The van der Waals surface area contributed by atoms with Crippen molar-refractivity contribution in [2.45, 2.75) is 6.54 Å². The minimum absolute atomic E-state index is 0.0709. The molecule has 20 heavy (non-hydrogen) atoms. The van der Waals surface area contributed by atoms with E-state index in [-0.39, 0.29) is 5.56 Å². The molecule has 0 N–H and O–H groups in total. The Hall–Kier alpha value is -2.54. The van der Waals surface area contributed by atoms with E-state index in [1.807, 2.05) is 42.3 Å². The molecular formula is C16H15FN2O. The van der Waals surface area contributed by atoms with Gasteiger partial charge in [-0.1, -0.05) is 18.2 Å². The summed E-state index contributed by atoms with van der Waals surface area (Å²) in [5.74, 6) is 0.297. The minimum Gasteiger partial charge on any atom is -0.497 e. The molecule has 0 aliphatic carbocycles. The lowest BCUT2D eigenvalue weighted by atomic mass is 10.1. The van der Waals surface area contributed by atoms with E-state index in [1.165, 1.54) is 6.07 Å². The number of hydrogen-bond donors (Lipinski definition) is 0. The molecule has 0 bridgehead atoms. The zero-order chi connectivity index (χ0) is 14.5. The molecule has 0 amide bonds. The molecule has 0 fully saturated rings. The van der Waals surface area contributed by atoms with Crippen LogP contribution in [-0.4, -0.2) is 14.2 Å². The summed E-state index contributed by atoms with van der Waals surface area (Å²) in [4.78, 5) is 1.90. The normalized spacial score (nSPS) is 9.90. The van der Waals surface area contributed by atoms with Gasteiger partial charge in [-0.2, -0.15) is 5.26 Å². The summed E-state index contributed by atoms with van der Waals surface area (Å²) >= 11 is 0. The Bertz CT molecular complexity index is 649. The fourth-order valence-electron chi connectivity index (χ4n) is 1.98. The molecule has 0 radical (unpaired) electrons. The Labute approximate surface area is 117 Å². The van der Waals surface area contributed by atoms with E-state index in [0.717, 1.165) is 11.4 Å². The summed E-state index contributed by atoms with van der Waals surface area (Å²) in [5.41, 5.74) is 1.49. The first-order chi connectivity index (χ1) is 9.65. The quantitative estimate of drug-likeness (QED) is 0.855. The van der Waals surface area contributed by atoms with E-state index in [4.69, 9.17) is 10.00 Å². The zero-order valence-corrected chi connectivity index (χ0v) is 11.4. The van der Waals surface area contributed by atoms with Crippen LogP contribution >= 0.6 is 0 Å². The summed E-state index contributed by atoms with van der Waals surface area (Å²) in [7, 11) is 3.47. The van der Waals surface area contributed by atoms with Crippen LogP contribution in [0, 0.1) is 17.1 Å². The third kappa shape index (κ3) is 2.89. The topological polar surface area (TPSA) is 36.3 Å². The molecule has 0 saturated carbocycles. The molecule has 2 aromatic rings. The molecule has 0 aliphatic heterocycles. The van der Waals surface area contributed by atoms with Gasteiger partial charge in [-0.15, -0.1) is 0 Å². The molecule has 2 aromatic carbocycles. The van der Waals surface area contributed by atoms with E-state index in [9.17, 15) is 4.39 Å². The Morgan fingerprint density at radius 1 is 1.25 bits per heavy atom. The van der Waals surface area contributed by atoms with Crippen molar-refractivity contribution in [3.05, 3.63) is 59.4 Å². The van der Waals surface area contributed by atoms with Crippen molar-refractivity contribution in [1.82, 2.24) is 0 Å². The third-order valence-electron chi connectivity index (χ3n) is 3.10. The minimum atomic E-state index is -0.454. The molecule has 2 rings (SSSR count). The van der Waals surface area contributed by atoms with Gasteiger partial charge in [0.25, 0.3) is 0 Å². The monoisotopic (exact) mass is 270 g/mol. The van der Waals surface area contributed by atoms with E-state index < -0.39 is 5.82 Å². The highest BCUT2D eigenvalue weighted by Crippen LogP contribution is 2.22. The number of ether oxygens (including phenoxy) is 1. The van der Waals surface area contributed by atoms with Gasteiger partial charge in [0.05, 0.1) is 12.7 Å². The number of benzene rings is 2. The Kier molecular flexibility index (Phi) is 4.21. The van der Waals surface area contributed by atoms with E-state index in [0.29, 0.717) is 12.1 Å². The first-order valence-corrected chi connectivity index (χ1v) is 6.18. The van der Waals surface area contributed by atoms with E-state index in [2.05, 4.69) is 0 Å². The van der Waals surface area contributed by atoms with Gasteiger partial charge in [0.15, 0.2) is 0 Å². The smallest absolute Gasteiger partial charge is 0.145 e. The molecule has 3 nitrogen and oxygen atoms in total. The molecule has 0 heterocycles. The fourth-order valence-corrected chi connectivity index (χ4v) is 1.98. The number of methoxy groups -OCH3 is 1. The van der Waals surface area contributed by atoms with E-state index >= 15 is 0 Å². The van der Waals surface area contributed by atoms with E-state index in [1.54, 1.807) is 19.2 Å². The Morgan fingerprint density at radius 3 is 2.70 bits per heavy atom. The Balaban J connectivity index is 2.23. The number of nitrogens with zero attached hydrogens (tertiary/aromatic N) is 2. The van der Waals surface area contributed by atoms with Crippen LogP contribution in [0.5, 0.6) is 5.75 Å². The van der Waals surface area contributed by atoms with Crippen molar-refractivity contribution in [3.63, 3.8) is 0 Å². The van der Waals surface area contributed by atoms with Crippen molar-refractivity contribution >= 4 is 5.69 Å². The second-order valence-corrected chi connectivity index (χ2v) is 4.45. The molecule has 0 saturated heterocycles. The van der Waals surface area contributed by atoms with Crippen molar-refractivity contribution in [1.29, 1.82) is 5.26 Å². The zero-order valence-electron chi connectivity index (χ0n) is 11.4. The van der Waals surface area contributed by atoms with Crippen LogP contribution in [0.1, 0.15) is 11.1 Å². The number of hydrogen-bond acceptors (Lipinski definition) is 3. The van der Waals surface area contributed by atoms with Crippen LogP contribution < -0.4 is 9.64 Å². The first-order valence-electron chi connectivity index (χ1n) is 6.18. The fraction of sp³-hybridized carbons (Fsp3) is 0.188. The highest BCUT2D eigenvalue weighted by Gasteiger charge is 2.10. The lowest BCUT2D eigenvalue weighted by Crippen LogP contribution is -2.17. The number of rotatable bonds is 4. The van der Waals surface area contributed by atoms with Gasteiger partial charge in [-0.3, -0.25) is 0 Å². The number of nitriles is 1. The maximum absolute atomic E-state index is 14.0. The maximum Gasteiger partial charge on any atom is 0.145 e. The van der Waals surface area contributed by atoms with Crippen molar-refractivity contribution in [2.75, 3.05) is 19.1 Å². The average Bonchev–Trinajstić information content (AvgIpc) is 2.49. The number of anilines is 1. The van der Waals surface area contributed by atoms with Crippen molar-refractivity contribution in [3.8, 4) is 11.8 Å². The predicted octanol–water partition coefficient (Wildman–Crippen LogP) is 3.34. The van der Waals surface area contributed by atoms with Gasteiger partial charge in [0, 0.05) is 30.9 Å². The van der Waals surface area contributed by atoms with Crippen LogP contribution in [0.25, 0.3) is 0 Å². The summed E-state index contributed by atoms with van der Waals surface area (Å²) in [6.07, 6.45) is 0. The third-order valence-corrected chi connectivity index (χ3v) is 3.10. The van der Waals surface area contributed by atoms with Crippen LogP contribution in [-0.2, 0) is 6.54 Å². The second-order valence-electron chi connectivity index (χ2n) is 4.45. The molecule has 4 heteroatoms. The summed E-state index contributed by atoms with van der Waals surface area (Å²) in [6.45, 7) is 0.383. The van der Waals surface area contributed by atoms with Crippen molar-refractivity contribution in [2.24, 2.45) is 0 Å². The lowest BCUT2D eigenvalue weighted by Gasteiger charge is -2.20. The molecule has 0 aromatic heterocycles. The average molecular weight is 270 g/mol. The van der Waals surface area contributed by atoms with Gasteiger partial charge in [-0.25, -0.2) is 4.39 Å². The lowest BCUT2D eigenvalue weighted by molar-refractivity contribution is 0.415. The van der Waals surface area contributed by atoms with Crippen LogP contribution in [0.2, 0.25) is 0 Å². The highest BCUT2D eigenvalue weighted by molar-refractivity contribution is 5.51.